The van der Waals surface area contributed by atoms with E-state index >= 15 is 0 Å². The van der Waals surface area contributed by atoms with Crippen molar-refractivity contribution in [1.29, 1.82) is 0 Å². The van der Waals surface area contributed by atoms with E-state index in [0.29, 0.717) is 17.5 Å². The maximum absolute atomic E-state index is 6.79. The van der Waals surface area contributed by atoms with Crippen LogP contribution >= 0.6 is 0 Å². The minimum absolute atomic E-state index is 0.559. The van der Waals surface area contributed by atoms with Crippen LogP contribution < -0.4 is 0 Å². The highest BCUT2D eigenvalue weighted by atomic mass is 16.3. The highest BCUT2D eigenvalue weighted by Crippen LogP contribution is 2.43. The Morgan fingerprint density at radius 2 is 1.02 bits per heavy atom. The van der Waals surface area contributed by atoms with Crippen molar-refractivity contribution in [3.05, 3.63) is 170 Å². The van der Waals surface area contributed by atoms with Crippen LogP contribution in [0.15, 0.2) is 174 Å². The molecule has 3 aromatic heterocycles. The minimum Gasteiger partial charge on any atom is -0.455 e. The Bertz CT molecular complexity index is 2860. The minimum atomic E-state index is 0.559. The normalized spacial score (nSPS) is 11.6. The molecule has 0 aliphatic heterocycles. The predicted molar refractivity (Wildman–Crippen MR) is 203 cm³/mol. The molecular formula is C45H28N4O. The van der Waals surface area contributed by atoms with Gasteiger partial charge in [0.15, 0.2) is 17.5 Å². The van der Waals surface area contributed by atoms with Crippen molar-refractivity contribution in [1.82, 2.24) is 19.5 Å². The first-order valence-electron chi connectivity index (χ1n) is 16.7. The number of aromatic nitrogens is 4. The van der Waals surface area contributed by atoms with Crippen LogP contribution in [-0.4, -0.2) is 19.5 Å². The van der Waals surface area contributed by atoms with Crippen LogP contribution in [-0.2, 0) is 0 Å². The largest absolute Gasteiger partial charge is 0.455 e. The van der Waals surface area contributed by atoms with Crippen molar-refractivity contribution < 1.29 is 4.42 Å². The molecule has 10 rings (SSSR count). The monoisotopic (exact) mass is 640 g/mol. The predicted octanol–water partition coefficient (Wildman–Crippen LogP) is 11.5. The summed E-state index contributed by atoms with van der Waals surface area (Å²) in [7, 11) is 0. The summed E-state index contributed by atoms with van der Waals surface area (Å²) in [5.74, 6) is 1.77. The average molecular weight is 641 g/mol. The molecule has 7 aromatic carbocycles. The maximum atomic E-state index is 6.79. The van der Waals surface area contributed by atoms with Crippen molar-refractivity contribution >= 4 is 43.7 Å². The van der Waals surface area contributed by atoms with E-state index in [-0.39, 0.29) is 0 Å². The highest BCUT2D eigenvalue weighted by Gasteiger charge is 2.22. The van der Waals surface area contributed by atoms with Gasteiger partial charge in [0.05, 0.1) is 22.0 Å². The molecule has 10 aromatic rings. The number of furan rings is 1. The third-order valence-electron chi connectivity index (χ3n) is 9.45. The topological polar surface area (TPSA) is 56.7 Å². The van der Waals surface area contributed by atoms with E-state index in [0.717, 1.165) is 66.5 Å². The molecule has 0 saturated carbocycles. The first-order valence-corrected chi connectivity index (χ1v) is 16.7. The summed E-state index contributed by atoms with van der Waals surface area (Å²) < 4.78 is 9.14. The quantitative estimate of drug-likeness (QED) is 0.188. The zero-order valence-electron chi connectivity index (χ0n) is 26.9. The fraction of sp³-hybridized carbons (Fsp3) is 0. The fourth-order valence-electron chi connectivity index (χ4n) is 7.17. The van der Waals surface area contributed by atoms with Crippen LogP contribution in [0.25, 0.3) is 94.7 Å². The SMILES string of the molecule is c1ccc(-c2cccc(-c3nc(-c4ccccc4)nc(-c4cccc5c4oc4ccc6c7ccccc7n(-c7ccccc7)c6c45)n3)c2)cc1. The van der Waals surface area contributed by atoms with E-state index in [1.807, 2.05) is 42.5 Å². The van der Waals surface area contributed by atoms with E-state index in [1.54, 1.807) is 0 Å². The Balaban J connectivity index is 1.23. The van der Waals surface area contributed by atoms with Gasteiger partial charge in [-0.15, -0.1) is 0 Å². The molecule has 0 radical (unpaired) electrons. The summed E-state index contributed by atoms with van der Waals surface area (Å²) in [6, 6.07) is 58.4. The molecule has 0 N–H and O–H groups in total. The number of nitrogens with zero attached hydrogens (tertiary/aromatic N) is 4. The molecule has 0 saturated heterocycles. The third kappa shape index (κ3) is 4.52. The molecular weight excluding hydrogens is 613 g/mol. The Kier molecular flexibility index (Phi) is 6.42. The molecule has 0 aliphatic carbocycles. The number of para-hydroxylation sites is 3. The number of fused-ring (bicyclic) bond motifs is 7. The van der Waals surface area contributed by atoms with Gasteiger partial charge in [0.1, 0.15) is 11.2 Å². The summed E-state index contributed by atoms with van der Waals surface area (Å²) >= 11 is 0. The highest BCUT2D eigenvalue weighted by molar-refractivity contribution is 6.25. The Hall–Kier alpha value is -6.85. The third-order valence-corrected chi connectivity index (χ3v) is 9.45. The van der Waals surface area contributed by atoms with Crippen molar-refractivity contribution in [3.63, 3.8) is 0 Å². The Morgan fingerprint density at radius 1 is 0.420 bits per heavy atom. The van der Waals surface area contributed by atoms with E-state index in [1.165, 1.54) is 10.8 Å². The second-order valence-corrected chi connectivity index (χ2v) is 12.4. The summed E-state index contributed by atoms with van der Waals surface area (Å²) in [5, 5.41) is 4.45. The summed E-state index contributed by atoms with van der Waals surface area (Å²) in [6.45, 7) is 0. The zero-order valence-corrected chi connectivity index (χ0v) is 26.9. The molecule has 0 bridgehead atoms. The molecule has 234 valence electrons. The lowest BCUT2D eigenvalue weighted by molar-refractivity contribution is 0.669. The van der Waals surface area contributed by atoms with Gasteiger partial charge >= 0.3 is 0 Å². The lowest BCUT2D eigenvalue weighted by Gasteiger charge is -2.10. The summed E-state index contributed by atoms with van der Waals surface area (Å²) in [6.07, 6.45) is 0. The zero-order chi connectivity index (χ0) is 33.0. The number of hydrogen-bond acceptors (Lipinski definition) is 4. The first-order chi connectivity index (χ1) is 24.8. The van der Waals surface area contributed by atoms with Crippen molar-refractivity contribution in [2.45, 2.75) is 0 Å². The molecule has 0 spiro atoms. The van der Waals surface area contributed by atoms with Gasteiger partial charge < -0.3 is 8.98 Å². The molecule has 5 nitrogen and oxygen atoms in total. The number of hydrogen-bond donors (Lipinski definition) is 0. The average Bonchev–Trinajstić information content (AvgIpc) is 3.75. The van der Waals surface area contributed by atoms with E-state index in [9.17, 15) is 0 Å². The second kappa shape index (κ2) is 11.4. The van der Waals surface area contributed by atoms with Crippen LogP contribution in [0.1, 0.15) is 0 Å². The van der Waals surface area contributed by atoms with Gasteiger partial charge in [0, 0.05) is 33.0 Å². The van der Waals surface area contributed by atoms with Crippen LogP contribution in [0.2, 0.25) is 0 Å². The van der Waals surface area contributed by atoms with Gasteiger partial charge in [-0.1, -0.05) is 127 Å². The smallest absolute Gasteiger partial charge is 0.167 e. The van der Waals surface area contributed by atoms with Gasteiger partial charge in [-0.2, -0.15) is 0 Å². The van der Waals surface area contributed by atoms with Gasteiger partial charge in [-0.3, -0.25) is 0 Å². The number of rotatable bonds is 5. The summed E-state index contributed by atoms with van der Waals surface area (Å²) in [4.78, 5) is 15.2. The molecule has 5 heteroatoms. The lowest BCUT2D eigenvalue weighted by atomic mass is 10.0. The van der Waals surface area contributed by atoms with Crippen molar-refractivity contribution in [2.24, 2.45) is 0 Å². The van der Waals surface area contributed by atoms with Crippen LogP contribution in [0.5, 0.6) is 0 Å². The van der Waals surface area contributed by atoms with Crippen molar-refractivity contribution in [3.8, 4) is 51.0 Å². The van der Waals surface area contributed by atoms with Crippen molar-refractivity contribution in [2.75, 3.05) is 0 Å². The molecule has 3 heterocycles. The second-order valence-electron chi connectivity index (χ2n) is 12.4. The molecule has 0 aliphatic rings. The Morgan fingerprint density at radius 3 is 1.82 bits per heavy atom. The molecule has 0 amide bonds. The van der Waals surface area contributed by atoms with Gasteiger partial charge in [0.2, 0.25) is 0 Å². The lowest BCUT2D eigenvalue weighted by Crippen LogP contribution is -2.00. The van der Waals surface area contributed by atoms with Crippen LogP contribution in [0.4, 0.5) is 0 Å². The van der Waals surface area contributed by atoms with Crippen LogP contribution in [0.3, 0.4) is 0 Å². The standard InChI is InChI=1S/C45H28N4O/c1-4-14-29(15-5-1)31-18-12-19-32(28-31)44-46-43(30-16-6-2-7-17-30)47-45(48-44)37-24-13-23-36-40-39(50-42(36)37)27-26-35-34-22-10-11-25-38(34)49(41(35)40)33-20-8-3-9-21-33/h1-28H. The number of benzene rings is 7. The molecule has 0 atom stereocenters. The molecule has 0 fully saturated rings. The molecule has 50 heavy (non-hydrogen) atoms. The van der Waals surface area contributed by atoms with Gasteiger partial charge in [0.25, 0.3) is 0 Å². The van der Waals surface area contributed by atoms with Crippen LogP contribution in [0, 0.1) is 0 Å². The fourth-order valence-corrected chi connectivity index (χ4v) is 7.17. The first kappa shape index (κ1) is 28.2. The van der Waals surface area contributed by atoms with Gasteiger partial charge in [-0.05, 0) is 53.6 Å². The van der Waals surface area contributed by atoms with E-state index in [2.05, 4.69) is 132 Å². The Labute approximate surface area is 287 Å². The van der Waals surface area contributed by atoms with Gasteiger partial charge in [-0.25, -0.2) is 15.0 Å². The van der Waals surface area contributed by atoms with E-state index in [4.69, 9.17) is 19.4 Å². The van der Waals surface area contributed by atoms with E-state index < -0.39 is 0 Å². The molecule has 0 unspecified atom stereocenters. The maximum Gasteiger partial charge on any atom is 0.167 e. The summed E-state index contributed by atoms with van der Waals surface area (Å²) in [5.41, 5.74) is 9.81.